The van der Waals surface area contributed by atoms with Crippen molar-refractivity contribution < 1.29 is 19.3 Å². The number of ether oxygens (including phenoxy) is 3. The molecule has 0 spiro atoms. The van der Waals surface area contributed by atoms with Crippen molar-refractivity contribution in [2.45, 2.75) is 31.0 Å². The zero-order valence-corrected chi connectivity index (χ0v) is 11.7. The maximum atomic E-state index is 10.4. The van der Waals surface area contributed by atoms with Crippen molar-refractivity contribution in [3.8, 4) is 11.8 Å². The van der Waals surface area contributed by atoms with Crippen LogP contribution in [0.15, 0.2) is 18.2 Å². The highest BCUT2D eigenvalue weighted by Gasteiger charge is 2.51. The van der Waals surface area contributed by atoms with Gasteiger partial charge in [-0.3, -0.25) is 0 Å². The van der Waals surface area contributed by atoms with Gasteiger partial charge in [0.05, 0.1) is 17.7 Å². The third kappa shape index (κ3) is 2.15. The van der Waals surface area contributed by atoms with Crippen LogP contribution in [0.1, 0.15) is 24.1 Å². The number of methoxy groups -OCH3 is 2. The number of hydrogen-bond acceptors (Lipinski definition) is 6. The quantitative estimate of drug-likeness (QED) is 0.789. The topological polar surface area (TPSA) is 97.7 Å². The number of aliphatic hydroxyl groups is 1. The molecule has 6 heteroatoms. The maximum Gasteiger partial charge on any atom is 0.199 e. The predicted octanol–water partition coefficient (Wildman–Crippen LogP) is 0.689. The van der Waals surface area contributed by atoms with Crippen LogP contribution in [0.4, 0.5) is 0 Å². The Labute approximate surface area is 117 Å². The number of aliphatic hydroxyl groups excluding tert-OH is 1. The van der Waals surface area contributed by atoms with Crippen molar-refractivity contribution in [1.29, 1.82) is 5.26 Å². The van der Waals surface area contributed by atoms with Crippen molar-refractivity contribution >= 4 is 0 Å². The van der Waals surface area contributed by atoms with Crippen molar-refractivity contribution in [2.24, 2.45) is 5.73 Å². The second-order valence-electron chi connectivity index (χ2n) is 4.92. The van der Waals surface area contributed by atoms with Gasteiger partial charge in [-0.05, 0) is 25.1 Å². The standard InChI is InChI=1S/C14H18N2O4/c1-14(13(18-2)19-3)12(17)11(16)9-6-8(7-15)4-5-10(9)20-14/h4-6,11-13,17H,16H2,1-3H3/t11?,12?,14-/m0/s1. The van der Waals surface area contributed by atoms with Gasteiger partial charge >= 0.3 is 0 Å². The zero-order valence-electron chi connectivity index (χ0n) is 11.7. The van der Waals surface area contributed by atoms with E-state index in [0.717, 1.165) is 0 Å². The van der Waals surface area contributed by atoms with E-state index in [1.807, 2.05) is 6.07 Å². The predicted molar refractivity (Wildman–Crippen MR) is 70.9 cm³/mol. The van der Waals surface area contributed by atoms with Gasteiger partial charge in [0.25, 0.3) is 0 Å². The molecule has 0 saturated carbocycles. The van der Waals surface area contributed by atoms with Gasteiger partial charge in [0.15, 0.2) is 11.9 Å². The fourth-order valence-electron chi connectivity index (χ4n) is 2.55. The number of fused-ring (bicyclic) bond motifs is 1. The third-order valence-electron chi connectivity index (χ3n) is 3.65. The summed E-state index contributed by atoms with van der Waals surface area (Å²) in [4.78, 5) is 0. The van der Waals surface area contributed by atoms with Crippen LogP contribution in [0, 0.1) is 11.3 Å². The summed E-state index contributed by atoms with van der Waals surface area (Å²) >= 11 is 0. The van der Waals surface area contributed by atoms with Gasteiger partial charge in [0.1, 0.15) is 11.9 Å². The summed E-state index contributed by atoms with van der Waals surface area (Å²) in [6.45, 7) is 1.68. The maximum absolute atomic E-state index is 10.4. The number of nitrogens with two attached hydrogens (primary N) is 1. The molecule has 1 aliphatic rings. The van der Waals surface area contributed by atoms with Gasteiger partial charge in [-0.25, -0.2) is 0 Å². The Kier molecular flexibility index (Phi) is 3.97. The normalized spacial score (nSPS) is 28.6. The molecule has 0 aromatic heterocycles. The van der Waals surface area contributed by atoms with Gasteiger partial charge in [0.2, 0.25) is 0 Å². The van der Waals surface area contributed by atoms with E-state index < -0.39 is 24.0 Å². The SMILES string of the molecule is COC(OC)[C@@]1(C)Oc2ccc(C#N)cc2C(N)C1O. The second kappa shape index (κ2) is 5.38. The summed E-state index contributed by atoms with van der Waals surface area (Å²) in [5.41, 5.74) is 6.01. The lowest BCUT2D eigenvalue weighted by atomic mass is 9.84. The molecule has 3 atom stereocenters. The molecule has 0 bridgehead atoms. The highest BCUT2D eigenvalue weighted by atomic mass is 16.7. The molecule has 1 aliphatic heterocycles. The lowest BCUT2D eigenvalue weighted by molar-refractivity contribution is -0.237. The van der Waals surface area contributed by atoms with Gasteiger partial charge in [-0.15, -0.1) is 0 Å². The molecule has 2 unspecified atom stereocenters. The van der Waals surface area contributed by atoms with Crippen molar-refractivity contribution in [1.82, 2.24) is 0 Å². The first-order chi connectivity index (χ1) is 9.47. The number of hydrogen-bond donors (Lipinski definition) is 2. The number of nitrogens with zero attached hydrogens (tertiary/aromatic N) is 1. The van der Waals surface area contributed by atoms with E-state index in [4.69, 9.17) is 25.2 Å². The molecule has 2 rings (SSSR count). The van der Waals surface area contributed by atoms with E-state index in [-0.39, 0.29) is 0 Å². The molecular weight excluding hydrogens is 260 g/mol. The monoisotopic (exact) mass is 278 g/mol. The number of nitriles is 1. The fraction of sp³-hybridized carbons (Fsp3) is 0.500. The van der Waals surface area contributed by atoms with E-state index in [1.165, 1.54) is 14.2 Å². The lowest BCUT2D eigenvalue weighted by Gasteiger charge is -2.45. The molecule has 1 heterocycles. The fourth-order valence-corrected chi connectivity index (χ4v) is 2.55. The van der Waals surface area contributed by atoms with Crippen molar-refractivity contribution in [3.05, 3.63) is 29.3 Å². The van der Waals surface area contributed by atoms with Crippen LogP contribution in [-0.4, -0.2) is 37.3 Å². The van der Waals surface area contributed by atoms with Gasteiger partial charge < -0.3 is 25.1 Å². The molecule has 20 heavy (non-hydrogen) atoms. The van der Waals surface area contributed by atoms with Crippen molar-refractivity contribution in [3.63, 3.8) is 0 Å². The molecule has 0 amide bonds. The number of benzene rings is 1. The molecule has 1 aromatic rings. The largest absolute Gasteiger partial charge is 0.479 e. The van der Waals surface area contributed by atoms with Gasteiger partial charge in [0, 0.05) is 19.8 Å². The number of rotatable bonds is 3. The third-order valence-corrected chi connectivity index (χ3v) is 3.65. The van der Waals surface area contributed by atoms with Crippen LogP contribution in [0.3, 0.4) is 0 Å². The van der Waals surface area contributed by atoms with Crippen LogP contribution < -0.4 is 10.5 Å². The van der Waals surface area contributed by atoms with Crippen LogP contribution in [-0.2, 0) is 9.47 Å². The van der Waals surface area contributed by atoms with Crippen LogP contribution in [0.2, 0.25) is 0 Å². The van der Waals surface area contributed by atoms with Crippen LogP contribution in [0.25, 0.3) is 0 Å². The first-order valence-corrected chi connectivity index (χ1v) is 6.20. The minimum absolute atomic E-state index is 0.466. The lowest BCUT2D eigenvalue weighted by Crippen LogP contribution is -2.61. The van der Waals surface area contributed by atoms with Gasteiger partial charge in [-0.1, -0.05) is 0 Å². The molecule has 1 aromatic carbocycles. The highest BCUT2D eigenvalue weighted by Crippen LogP contribution is 2.41. The Balaban J connectivity index is 2.47. The summed E-state index contributed by atoms with van der Waals surface area (Å²) in [5, 5.41) is 19.4. The van der Waals surface area contributed by atoms with E-state index in [1.54, 1.807) is 25.1 Å². The highest BCUT2D eigenvalue weighted by molar-refractivity contribution is 5.46. The average Bonchev–Trinajstić information content (AvgIpc) is 2.46. The zero-order chi connectivity index (χ0) is 14.9. The molecule has 3 N–H and O–H groups in total. The molecule has 6 nitrogen and oxygen atoms in total. The summed E-state index contributed by atoms with van der Waals surface area (Å²) in [5.74, 6) is 0.517. The molecular formula is C14H18N2O4. The average molecular weight is 278 g/mol. The van der Waals surface area contributed by atoms with E-state index in [0.29, 0.717) is 16.9 Å². The Bertz CT molecular complexity index is 538. The van der Waals surface area contributed by atoms with E-state index in [9.17, 15) is 5.11 Å². The molecule has 0 fully saturated rings. The minimum atomic E-state index is -1.13. The molecule has 108 valence electrons. The Morgan fingerprint density at radius 3 is 2.65 bits per heavy atom. The summed E-state index contributed by atoms with van der Waals surface area (Å²) in [6.07, 6.45) is -1.80. The first kappa shape index (κ1) is 14.8. The van der Waals surface area contributed by atoms with Crippen LogP contribution >= 0.6 is 0 Å². The summed E-state index contributed by atoms with van der Waals surface area (Å²) < 4.78 is 16.3. The van der Waals surface area contributed by atoms with E-state index in [2.05, 4.69) is 0 Å². The molecule has 0 radical (unpaired) electrons. The second-order valence-corrected chi connectivity index (χ2v) is 4.92. The Hall–Kier alpha value is -1.65. The van der Waals surface area contributed by atoms with Gasteiger partial charge in [-0.2, -0.15) is 5.26 Å². The van der Waals surface area contributed by atoms with Crippen molar-refractivity contribution in [2.75, 3.05) is 14.2 Å². The molecule has 0 saturated heterocycles. The van der Waals surface area contributed by atoms with Crippen LogP contribution in [0.5, 0.6) is 5.75 Å². The Morgan fingerprint density at radius 1 is 1.45 bits per heavy atom. The molecule has 0 aliphatic carbocycles. The Morgan fingerprint density at radius 2 is 2.10 bits per heavy atom. The first-order valence-electron chi connectivity index (χ1n) is 6.20. The summed E-state index contributed by atoms with van der Waals surface area (Å²) in [7, 11) is 2.94. The minimum Gasteiger partial charge on any atom is -0.479 e. The van der Waals surface area contributed by atoms with E-state index >= 15 is 0 Å². The summed E-state index contributed by atoms with van der Waals surface area (Å²) in [6, 6.07) is 6.27. The smallest absolute Gasteiger partial charge is 0.199 e.